The minimum atomic E-state index is -4.47. The molecule has 0 unspecified atom stereocenters. The van der Waals surface area contributed by atoms with E-state index < -0.39 is 23.8 Å². The highest BCUT2D eigenvalue weighted by atomic mass is 19.4. The number of rotatable bonds is 12. The normalized spacial score (nSPS) is 17.1. The number of hydrogen-bond acceptors (Lipinski definition) is 4. The van der Waals surface area contributed by atoms with Gasteiger partial charge in [0.1, 0.15) is 11.5 Å². The first-order valence-electron chi connectivity index (χ1n) is 12.0. The second-order valence-electron chi connectivity index (χ2n) is 8.78. The molecule has 0 bridgehead atoms. The molecule has 9 heteroatoms. The van der Waals surface area contributed by atoms with Gasteiger partial charge in [0.05, 0.1) is 17.7 Å². The number of amides is 1. The number of nitrogens with zero attached hydrogens (tertiary/aromatic N) is 1. The molecule has 0 saturated carbocycles. The van der Waals surface area contributed by atoms with Gasteiger partial charge in [-0.15, -0.1) is 0 Å². The van der Waals surface area contributed by atoms with Crippen LogP contribution in [-0.4, -0.2) is 39.6 Å². The lowest BCUT2D eigenvalue weighted by Gasteiger charge is -2.22. The number of likely N-dealkylation sites (tertiary alicyclic amines) is 1. The minimum Gasteiger partial charge on any atom is -0.481 e. The number of alkyl halides is 3. The number of carboxylic acid groups (broad SMARTS) is 1. The average Bonchev–Trinajstić information content (AvgIpc) is 3.18. The maximum Gasteiger partial charge on any atom is 0.416 e. The van der Waals surface area contributed by atoms with Crippen molar-refractivity contribution in [2.24, 2.45) is 0 Å². The highest BCUT2D eigenvalue weighted by Gasteiger charge is 2.31. The third-order valence-electron chi connectivity index (χ3n) is 6.03. The number of carbonyl (C=O) groups excluding carboxylic acids is 1. The topological polar surface area (TPSA) is 87.1 Å². The van der Waals surface area contributed by atoms with Gasteiger partial charge in [-0.1, -0.05) is 43.2 Å². The summed E-state index contributed by atoms with van der Waals surface area (Å²) in [5.41, 5.74) is -0.305. The van der Waals surface area contributed by atoms with Gasteiger partial charge in [-0.25, -0.2) is 0 Å². The summed E-state index contributed by atoms with van der Waals surface area (Å²) in [5.74, 6) is -0.419. The summed E-state index contributed by atoms with van der Waals surface area (Å²) >= 11 is 0. The van der Waals surface area contributed by atoms with Crippen LogP contribution in [0.1, 0.15) is 62.2 Å². The van der Waals surface area contributed by atoms with Gasteiger partial charge in [-0.3, -0.25) is 9.59 Å². The fraction of sp³-hybridized carbons (Fsp3) is 0.407. The number of hydrogen-bond donors (Lipinski definition) is 2. The van der Waals surface area contributed by atoms with Gasteiger partial charge in [0.2, 0.25) is 5.91 Å². The van der Waals surface area contributed by atoms with Crippen LogP contribution in [0.4, 0.5) is 13.2 Å². The molecule has 1 amide bonds. The SMILES string of the molecule is O=C(O)CCCCCCN1C(=O)CC[C@@H]1/C=C/[C@@H](O)c1cccc(Oc2cccc(C(F)(F)F)c2)c1. The van der Waals surface area contributed by atoms with E-state index >= 15 is 0 Å². The first-order chi connectivity index (χ1) is 17.1. The highest BCUT2D eigenvalue weighted by Crippen LogP contribution is 2.33. The molecule has 1 saturated heterocycles. The van der Waals surface area contributed by atoms with Crippen molar-refractivity contribution in [1.29, 1.82) is 0 Å². The molecule has 6 nitrogen and oxygen atoms in total. The van der Waals surface area contributed by atoms with Crippen molar-refractivity contribution in [2.45, 2.75) is 63.3 Å². The summed E-state index contributed by atoms with van der Waals surface area (Å²) in [6.07, 6.45) is 2.24. The summed E-state index contributed by atoms with van der Waals surface area (Å²) < 4.78 is 44.4. The van der Waals surface area contributed by atoms with E-state index in [9.17, 15) is 27.9 Å². The van der Waals surface area contributed by atoms with Crippen molar-refractivity contribution in [3.05, 3.63) is 71.8 Å². The third-order valence-corrected chi connectivity index (χ3v) is 6.03. The van der Waals surface area contributed by atoms with E-state index in [-0.39, 0.29) is 24.1 Å². The molecule has 0 aliphatic carbocycles. The van der Waals surface area contributed by atoms with E-state index in [1.165, 1.54) is 12.1 Å². The van der Waals surface area contributed by atoms with Crippen molar-refractivity contribution in [3.63, 3.8) is 0 Å². The Hall–Kier alpha value is -3.33. The van der Waals surface area contributed by atoms with Crippen molar-refractivity contribution in [3.8, 4) is 11.5 Å². The van der Waals surface area contributed by atoms with Gasteiger partial charge in [0.25, 0.3) is 0 Å². The monoisotopic (exact) mass is 505 g/mol. The summed E-state index contributed by atoms with van der Waals surface area (Å²) in [7, 11) is 0. The Morgan fingerprint density at radius 3 is 2.50 bits per heavy atom. The Morgan fingerprint density at radius 1 is 1.08 bits per heavy atom. The molecule has 1 fully saturated rings. The van der Waals surface area contributed by atoms with Crippen LogP contribution in [0.5, 0.6) is 11.5 Å². The number of aliphatic hydroxyl groups is 1. The van der Waals surface area contributed by atoms with Crippen LogP contribution >= 0.6 is 0 Å². The molecule has 1 aliphatic rings. The quantitative estimate of drug-likeness (QED) is 0.268. The van der Waals surface area contributed by atoms with Crippen molar-refractivity contribution < 1.29 is 37.7 Å². The predicted molar refractivity (Wildman–Crippen MR) is 128 cm³/mol. The van der Waals surface area contributed by atoms with Gasteiger partial charge >= 0.3 is 12.1 Å². The average molecular weight is 506 g/mol. The van der Waals surface area contributed by atoms with Gasteiger partial charge in [0.15, 0.2) is 0 Å². The molecule has 2 N–H and O–H groups in total. The lowest BCUT2D eigenvalue weighted by atomic mass is 10.1. The van der Waals surface area contributed by atoms with Gasteiger partial charge in [0, 0.05) is 19.4 Å². The largest absolute Gasteiger partial charge is 0.481 e. The molecule has 1 heterocycles. The molecule has 36 heavy (non-hydrogen) atoms. The van der Waals surface area contributed by atoms with E-state index in [0.717, 1.165) is 31.4 Å². The maximum absolute atomic E-state index is 12.9. The van der Waals surface area contributed by atoms with E-state index in [1.54, 1.807) is 41.3 Å². The van der Waals surface area contributed by atoms with Crippen LogP contribution in [0.25, 0.3) is 0 Å². The summed E-state index contributed by atoms with van der Waals surface area (Å²) in [6.45, 7) is 0.581. The van der Waals surface area contributed by atoms with Crippen LogP contribution < -0.4 is 4.74 Å². The van der Waals surface area contributed by atoms with Crippen LogP contribution in [-0.2, 0) is 15.8 Å². The van der Waals surface area contributed by atoms with E-state index in [2.05, 4.69) is 0 Å². The predicted octanol–water partition coefficient (Wildman–Crippen LogP) is 6.11. The first kappa shape index (κ1) is 27.3. The Balaban J connectivity index is 1.57. The van der Waals surface area contributed by atoms with Gasteiger partial charge < -0.3 is 19.8 Å². The molecule has 0 radical (unpaired) electrons. The molecule has 0 aromatic heterocycles. The summed E-state index contributed by atoms with van der Waals surface area (Å²) in [6, 6.07) is 10.9. The lowest BCUT2D eigenvalue weighted by Crippen LogP contribution is -2.32. The number of benzene rings is 2. The van der Waals surface area contributed by atoms with Crippen molar-refractivity contribution in [1.82, 2.24) is 4.90 Å². The van der Waals surface area contributed by atoms with E-state index in [0.29, 0.717) is 37.1 Å². The molecular formula is C27H30F3NO5. The Labute approximate surface area is 208 Å². The molecule has 3 rings (SSSR count). The van der Waals surface area contributed by atoms with Crippen LogP contribution in [0.2, 0.25) is 0 Å². The minimum absolute atomic E-state index is 0.0371. The number of carboxylic acids is 1. The van der Waals surface area contributed by atoms with Gasteiger partial charge in [-0.05, 0) is 55.2 Å². The zero-order chi connectivity index (χ0) is 26.1. The maximum atomic E-state index is 12.9. The smallest absolute Gasteiger partial charge is 0.416 e. The lowest BCUT2D eigenvalue weighted by molar-refractivity contribution is -0.138. The Morgan fingerprint density at radius 2 is 1.78 bits per heavy atom. The number of aliphatic hydroxyl groups excluding tert-OH is 1. The molecule has 194 valence electrons. The van der Waals surface area contributed by atoms with Crippen LogP contribution in [0.3, 0.4) is 0 Å². The summed E-state index contributed by atoms with van der Waals surface area (Å²) in [4.78, 5) is 24.6. The molecule has 2 aromatic rings. The number of halogens is 3. The second kappa shape index (κ2) is 12.6. The zero-order valence-electron chi connectivity index (χ0n) is 19.8. The number of aliphatic carboxylic acids is 1. The number of unbranched alkanes of at least 4 members (excludes halogenated alkanes) is 3. The number of carbonyl (C=O) groups is 2. The molecule has 0 spiro atoms. The first-order valence-corrected chi connectivity index (χ1v) is 12.0. The van der Waals surface area contributed by atoms with Crippen molar-refractivity contribution >= 4 is 11.9 Å². The summed E-state index contributed by atoms with van der Waals surface area (Å²) in [5, 5.41) is 19.3. The van der Waals surface area contributed by atoms with Crippen LogP contribution in [0.15, 0.2) is 60.7 Å². The number of ether oxygens (including phenoxy) is 1. The second-order valence-corrected chi connectivity index (χ2v) is 8.78. The van der Waals surface area contributed by atoms with E-state index in [4.69, 9.17) is 9.84 Å². The Bertz CT molecular complexity index is 1070. The fourth-order valence-corrected chi connectivity index (χ4v) is 4.14. The fourth-order valence-electron chi connectivity index (χ4n) is 4.14. The standard InChI is InChI=1S/C27H30F3NO5/c28-27(29,30)20-8-6-10-23(18-20)36-22-9-5-7-19(17-22)24(32)14-12-21-13-15-25(33)31(21)16-4-2-1-3-11-26(34)35/h5-10,12,14,17-18,21,24,32H,1-4,11,13,15-16H2,(H,34,35)/b14-12+/t21-,24+/m0/s1. The van der Waals surface area contributed by atoms with Crippen molar-refractivity contribution in [2.75, 3.05) is 6.54 Å². The molecule has 1 aliphatic heterocycles. The van der Waals surface area contributed by atoms with Crippen LogP contribution in [0, 0.1) is 0 Å². The molecule has 2 aromatic carbocycles. The van der Waals surface area contributed by atoms with Gasteiger partial charge in [-0.2, -0.15) is 13.2 Å². The molecular weight excluding hydrogens is 475 g/mol. The Kier molecular flexibility index (Phi) is 9.52. The highest BCUT2D eigenvalue weighted by molar-refractivity contribution is 5.79. The third kappa shape index (κ3) is 8.12. The van der Waals surface area contributed by atoms with E-state index in [1.807, 2.05) is 0 Å². The molecule has 2 atom stereocenters. The zero-order valence-corrected chi connectivity index (χ0v) is 19.8.